The molecule has 0 bridgehead atoms. The fourth-order valence-corrected chi connectivity index (χ4v) is 3.77. The number of aliphatic carboxylic acids is 1. The van der Waals surface area contributed by atoms with Crippen molar-refractivity contribution in [2.24, 2.45) is 5.92 Å². The molecule has 4 rings (SSSR count). The summed E-state index contributed by atoms with van der Waals surface area (Å²) in [7, 11) is 0. The molecular formula is C23H20N2O4. The molecule has 0 radical (unpaired) electrons. The van der Waals surface area contributed by atoms with Crippen molar-refractivity contribution < 1.29 is 19.5 Å². The van der Waals surface area contributed by atoms with E-state index >= 15 is 0 Å². The number of ketones is 1. The van der Waals surface area contributed by atoms with Gasteiger partial charge in [-0.3, -0.25) is 14.4 Å². The van der Waals surface area contributed by atoms with Crippen LogP contribution in [0.15, 0.2) is 72.8 Å². The largest absolute Gasteiger partial charge is 0.481 e. The van der Waals surface area contributed by atoms with Gasteiger partial charge in [0.2, 0.25) is 0 Å². The second kappa shape index (κ2) is 7.85. The van der Waals surface area contributed by atoms with E-state index in [1.54, 1.807) is 42.5 Å². The third-order valence-corrected chi connectivity index (χ3v) is 5.32. The van der Waals surface area contributed by atoms with E-state index in [-0.39, 0.29) is 12.3 Å². The second-order valence-electron chi connectivity index (χ2n) is 7.12. The number of hydrogen-bond acceptors (Lipinski definition) is 4. The van der Waals surface area contributed by atoms with Crippen LogP contribution < -0.4 is 10.6 Å². The van der Waals surface area contributed by atoms with E-state index in [0.29, 0.717) is 11.1 Å². The Morgan fingerprint density at radius 2 is 1.55 bits per heavy atom. The van der Waals surface area contributed by atoms with Gasteiger partial charge in [0.15, 0.2) is 5.78 Å². The summed E-state index contributed by atoms with van der Waals surface area (Å²) in [6, 6.07) is 20.0. The summed E-state index contributed by atoms with van der Waals surface area (Å²) in [4.78, 5) is 37.5. The summed E-state index contributed by atoms with van der Waals surface area (Å²) in [5.74, 6) is -2.58. The molecule has 3 aromatic carbocycles. The number of carboxylic acid groups (broad SMARTS) is 1. The topological polar surface area (TPSA) is 95.5 Å². The van der Waals surface area contributed by atoms with Gasteiger partial charge in [-0.2, -0.15) is 0 Å². The van der Waals surface area contributed by atoms with Crippen molar-refractivity contribution in [2.75, 3.05) is 6.54 Å². The number of amides is 1. The van der Waals surface area contributed by atoms with Crippen molar-refractivity contribution in [1.29, 1.82) is 0 Å². The van der Waals surface area contributed by atoms with Gasteiger partial charge in [-0.1, -0.05) is 60.7 Å². The van der Waals surface area contributed by atoms with Gasteiger partial charge in [0.1, 0.15) is 0 Å². The van der Waals surface area contributed by atoms with Gasteiger partial charge in [-0.05, 0) is 22.9 Å². The maximum absolute atomic E-state index is 12.9. The van der Waals surface area contributed by atoms with Gasteiger partial charge in [0, 0.05) is 17.7 Å². The summed E-state index contributed by atoms with van der Waals surface area (Å²) in [5, 5.41) is 17.3. The Kier molecular flexibility index (Phi) is 5.10. The lowest BCUT2D eigenvalue weighted by molar-refractivity contribution is -0.141. The van der Waals surface area contributed by atoms with Crippen molar-refractivity contribution in [3.63, 3.8) is 0 Å². The van der Waals surface area contributed by atoms with Crippen LogP contribution in [0.4, 0.5) is 0 Å². The van der Waals surface area contributed by atoms with Crippen LogP contribution in [-0.4, -0.2) is 41.4 Å². The average molecular weight is 388 g/mol. The van der Waals surface area contributed by atoms with Gasteiger partial charge in [0.25, 0.3) is 5.91 Å². The molecular weight excluding hydrogens is 368 g/mol. The second-order valence-corrected chi connectivity index (χ2v) is 7.12. The lowest BCUT2D eigenvalue weighted by Gasteiger charge is -2.23. The van der Waals surface area contributed by atoms with E-state index < -0.39 is 29.9 Å². The maximum Gasteiger partial charge on any atom is 0.309 e. The first-order valence-electron chi connectivity index (χ1n) is 9.40. The predicted octanol–water partition coefficient (Wildman–Crippen LogP) is 2.49. The summed E-state index contributed by atoms with van der Waals surface area (Å²) < 4.78 is 0. The smallest absolute Gasteiger partial charge is 0.309 e. The van der Waals surface area contributed by atoms with E-state index in [1.807, 2.05) is 30.3 Å². The first-order chi connectivity index (χ1) is 14.0. The Morgan fingerprint density at radius 1 is 0.862 bits per heavy atom. The van der Waals surface area contributed by atoms with Gasteiger partial charge < -0.3 is 15.7 Å². The van der Waals surface area contributed by atoms with Gasteiger partial charge in [-0.25, -0.2) is 0 Å². The Morgan fingerprint density at radius 3 is 2.28 bits per heavy atom. The van der Waals surface area contributed by atoms with Crippen LogP contribution in [0.5, 0.6) is 0 Å². The van der Waals surface area contributed by atoms with Crippen LogP contribution >= 0.6 is 0 Å². The van der Waals surface area contributed by atoms with E-state index in [9.17, 15) is 19.5 Å². The van der Waals surface area contributed by atoms with Crippen molar-refractivity contribution >= 4 is 28.4 Å². The molecule has 1 aliphatic rings. The Hall–Kier alpha value is -3.51. The number of carbonyl (C=O) groups excluding carboxylic acids is 2. The molecule has 1 heterocycles. The number of carbonyl (C=O) groups is 3. The van der Waals surface area contributed by atoms with Crippen LogP contribution in [0.3, 0.4) is 0 Å². The van der Waals surface area contributed by atoms with Crippen LogP contribution in [0, 0.1) is 5.92 Å². The minimum atomic E-state index is -1.05. The van der Waals surface area contributed by atoms with Crippen LogP contribution in [0.1, 0.15) is 20.7 Å². The molecule has 1 fully saturated rings. The molecule has 146 valence electrons. The quantitative estimate of drug-likeness (QED) is 0.584. The molecule has 0 spiro atoms. The molecule has 6 nitrogen and oxygen atoms in total. The van der Waals surface area contributed by atoms with Crippen molar-refractivity contribution in [3.05, 3.63) is 83.9 Å². The highest BCUT2D eigenvalue weighted by Crippen LogP contribution is 2.21. The van der Waals surface area contributed by atoms with E-state index in [2.05, 4.69) is 10.6 Å². The van der Waals surface area contributed by atoms with Gasteiger partial charge >= 0.3 is 5.97 Å². The van der Waals surface area contributed by atoms with E-state index in [1.165, 1.54) is 0 Å². The lowest BCUT2D eigenvalue weighted by Crippen LogP contribution is -2.51. The minimum Gasteiger partial charge on any atom is -0.481 e. The summed E-state index contributed by atoms with van der Waals surface area (Å²) >= 11 is 0. The minimum absolute atomic E-state index is 0.112. The number of nitrogens with one attached hydrogen (secondary N) is 2. The van der Waals surface area contributed by atoms with Crippen molar-refractivity contribution in [1.82, 2.24) is 10.6 Å². The van der Waals surface area contributed by atoms with Crippen LogP contribution in [0.2, 0.25) is 0 Å². The molecule has 0 saturated carbocycles. The number of carboxylic acids is 1. The number of Topliss-reactive ketones (excluding diaryl/α,β-unsaturated/α-hetero) is 1. The highest BCUT2D eigenvalue weighted by atomic mass is 16.4. The molecule has 3 atom stereocenters. The maximum atomic E-state index is 12.9. The fraction of sp³-hybridized carbons (Fsp3) is 0.174. The van der Waals surface area contributed by atoms with Crippen molar-refractivity contribution in [2.45, 2.75) is 12.1 Å². The Balaban J connectivity index is 1.60. The highest BCUT2D eigenvalue weighted by Gasteiger charge is 2.44. The summed E-state index contributed by atoms with van der Waals surface area (Å²) in [6.07, 6.45) is 0. The zero-order chi connectivity index (χ0) is 20.4. The standard InChI is InChI=1S/C23H20N2O4/c26-21(15-7-2-1-3-8-15)20-19(18(13-24-20)23(28)29)25-22(27)17-11-10-14-6-4-5-9-16(14)12-17/h1-12,18-20,24H,13H2,(H,25,27)(H,28,29). The van der Waals surface area contributed by atoms with Crippen LogP contribution in [0.25, 0.3) is 10.8 Å². The molecule has 3 aromatic rings. The number of hydrogen-bond donors (Lipinski definition) is 3. The molecule has 1 aliphatic heterocycles. The monoisotopic (exact) mass is 388 g/mol. The Bertz CT molecular complexity index is 1080. The van der Waals surface area contributed by atoms with E-state index in [0.717, 1.165) is 10.8 Å². The van der Waals surface area contributed by atoms with Crippen molar-refractivity contribution in [3.8, 4) is 0 Å². The highest BCUT2D eigenvalue weighted by molar-refractivity contribution is 6.03. The number of benzene rings is 3. The van der Waals surface area contributed by atoms with Gasteiger partial charge in [0.05, 0.1) is 18.0 Å². The predicted molar refractivity (Wildman–Crippen MR) is 109 cm³/mol. The zero-order valence-electron chi connectivity index (χ0n) is 15.5. The fourth-order valence-electron chi connectivity index (χ4n) is 3.77. The molecule has 1 saturated heterocycles. The molecule has 0 aromatic heterocycles. The van der Waals surface area contributed by atoms with Gasteiger partial charge in [-0.15, -0.1) is 0 Å². The third-order valence-electron chi connectivity index (χ3n) is 5.32. The zero-order valence-corrected chi connectivity index (χ0v) is 15.5. The number of fused-ring (bicyclic) bond motifs is 1. The molecule has 6 heteroatoms. The molecule has 29 heavy (non-hydrogen) atoms. The summed E-state index contributed by atoms with van der Waals surface area (Å²) in [5.41, 5.74) is 0.895. The lowest BCUT2D eigenvalue weighted by atomic mass is 9.93. The molecule has 3 N–H and O–H groups in total. The molecule has 0 aliphatic carbocycles. The third kappa shape index (κ3) is 3.75. The SMILES string of the molecule is O=C(NC1C(C(=O)O)CNC1C(=O)c1ccccc1)c1ccc2ccccc2c1. The van der Waals surface area contributed by atoms with Crippen LogP contribution in [-0.2, 0) is 4.79 Å². The van der Waals surface area contributed by atoms with E-state index in [4.69, 9.17) is 0 Å². The molecule has 3 unspecified atom stereocenters. The number of rotatable bonds is 5. The summed E-state index contributed by atoms with van der Waals surface area (Å²) in [6.45, 7) is 0.112. The average Bonchev–Trinajstić information content (AvgIpc) is 3.17. The first kappa shape index (κ1) is 18.8. The Labute approximate surface area is 167 Å². The first-order valence-corrected chi connectivity index (χ1v) is 9.40. The normalized spacial score (nSPS) is 21.0. The molecule has 1 amide bonds.